The number of amides is 1. The standard InChI is InChI=1S/C11H12BrNO3S/c1-16-11(15)9-6-3-2-4-7(6)17-10(9)13-8(14)5-12/h2-5H2,1H3,(H,13,14). The van der Waals surface area contributed by atoms with Crippen LogP contribution in [0.3, 0.4) is 0 Å². The van der Waals surface area contributed by atoms with Gasteiger partial charge < -0.3 is 10.1 Å². The lowest BCUT2D eigenvalue weighted by Gasteiger charge is -2.05. The number of halogens is 1. The van der Waals surface area contributed by atoms with E-state index >= 15 is 0 Å². The summed E-state index contributed by atoms with van der Waals surface area (Å²) in [5, 5.41) is 3.57. The first-order chi connectivity index (χ1) is 8.17. The topological polar surface area (TPSA) is 55.4 Å². The van der Waals surface area contributed by atoms with Crippen molar-refractivity contribution in [1.82, 2.24) is 0 Å². The van der Waals surface area contributed by atoms with Crippen LogP contribution in [0.25, 0.3) is 0 Å². The number of fused-ring (bicyclic) bond motifs is 1. The van der Waals surface area contributed by atoms with E-state index in [1.807, 2.05) is 0 Å². The summed E-state index contributed by atoms with van der Waals surface area (Å²) in [6, 6.07) is 0. The summed E-state index contributed by atoms with van der Waals surface area (Å²) in [7, 11) is 1.36. The lowest BCUT2D eigenvalue weighted by molar-refractivity contribution is -0.113. The first-order valence-electron chi connectivity index (χ1n) is 5.26. The van der Waals surface area contributed by atoms with Gasteiger partial charge in [-0.05, 0) is 24.8 Å². The smallest absolute Gasteiger partial charge is 0.341 e. The van der Waals surface area contributed by atoms with E-state index < -0.39 is 0 Å². The molecule has 0 fully saturated rings. The number of carbonyl (C=O) groups excluding carboxylic acids is 2. The van der Waals surface area contributed by atoms with Crippen molar-refractivity contribution in [3.8, 4) is 0 Å². The molecule has 0 aliphatic heterocycles. The molecule has 1 aliphatic carbocycles. The molecule has 4 nitrogen and oxygen atoms in total. The Labute approximate surface area is 111 Å². The van der Waals surface area contributed by atoms with Crippen LogP contribution in [0.4, 0.5) is 5.00 Å². The number of carbonyl (C=O) groups is 2. The zero-order chi connectivity index (χ0) is 12.4. The fourth-order valence-corrected chi connectivity index (χ4v) is 3.40. The highest BCUT2D eigenvalue weighted by Crippen LogP contribution is 2.39. The third-order valence-corrected chi connectivity index (χ3v) is 4.40. The Morgan fingerprint density at radius 2 is 2.24 bits per heavy atom. The summed E-state index contributed by atoms with van der Waals surface area (Å²) in [5.74, 6) is -0.524. The summed E-state index contributed by atoms with van der Waals surface area (Å²) in [6.45, 7) is 0. The van der Waals surface area contributed by atoms with Crippen molar-refractivity contribution in [3.05, 3.63) is 16.0 Å². The van der Waals surface area contributed by atoms with Gasteiger partial charge in [0, 0.05) is 4.88 Å². The molecule has 0 atom stereocenters. The molecule has 1 aromatic heterocycles. The molecule has 0 unspecified atom stereocenters. The Kier molecular flexibility index (Phi) is 3.83. The molecule has 0 bridgehead atoms. The molecule has 1 aromatic rings. The molecule has 2 rings (SSSR count). The van der Waals surface area contributed by atoms with Gasteiger partial charge in [0.1, 0.15) is 5.00 Å². The van der Waals surface area contributed by atoms with Crippen LogP contribution in [0.5, 0.6) is 0 Å². The van der Waals surface area contributed by atoms with Crippen molar-refractivity contribution >= 4 is 44.1 Å². The normalized spacial score (nSPS) is 13.3. The highest BCUT2D eigenvalue weighted by molar-refractivity contribution is 9.09. The van der Waals surface area contributed by atoms with E-state index in [2.05, 4.69) is 21.2 Å². The van der Waals surface area contributed by atoms with Crippen LogP contribution < -0.4 is 5.32 Å². The highest BCUT2D eigenvalue weighted by Gasteiger charge is 2.27. The number of thiophene rings is 1. The van der Waals surface area contributed by atoms with Gasteiger partial charge in [-0.15, -0.1) is 11.3 Å². The number of nitrogens with one attached hydrogen (secondary N) is 1. The zero-order valence-electron chi connectivity index (χ0n) is 9.34. The van der Waals surface area contributed by atoms with Gasteiger partial charge in [-0.1, -0.05) is 15.9 Å². The molecule has 1 amide bonds. The van der Waals surface area contributed by atoms with E-state index in [4.69, 9.17) is 4.74 Å². The number of ether oxygens (including phenoxy) is 1. The molecule has 0 radical (unpaired) electrons. The summed E-state index contributed by atoms with van der Waals surface area (Å²) in [4.78, 5) is 24.3. The second-order valence-corrected chi connectivity index (χ2v) is 5.40. The molecule has 0 saturated heterocycles. The lowest BCUT2D eigenvalue weighted by Crippen LogP contribution is -2.14. The number of aryl methyl sites for hydroxylation is 1. The van der Waals surface area contributed by atoms with E-state index in [-0.39, 0.29) is 17.2 Å². The van der Waals surface area contributed by atoms with E-state index in [0.717, 1.165) is 24.8 Å². The Bertz CT molecular complexity index is 470. The van der Waals surface area contributed by atoms with Gasteiger partial charge in [0.15, 0.2) is 0 Å². The van der Waals surface area contributed by atoms with E-state index in [0.29, 0.717) is 10.6 Å². The minimum atomic E-state index is -0.366. The molecule has 1 N–H and O–H groups in total. The van der Waals surface area contributed by atoms with E-state index in [1.165, 1.54) is 23.3 Å². The van der Waals surface area contributed by atoms with Crippen LogP contribution in [-0.2, 0) is 22.4 Å². The molecular formula is C11H12BrNO3S. The first kappa shape index (κ1) is 12.6. The van der Waals surface area contributed by atoms with Crippen LogP contribution in [0.2, 0.25) is 0 Å². The number of anilines is 1. The fraction of sp³-hybridized carbons (Fsp3) is 0.455. The van der Waals surface area contributed by atoms with Crippen LogP contribution >= 0.6 is 27.3 Å². The number of esters is 1. The Morgan fingerprint density at radius 3 is 2.88 bits per heavy atom. The van der Waals surface area contributed by atoms with E-state index in [9.17, 15) is 9.59 Å². The summed E-state index contributed by atoms with van der Waals surface area (Å²) in [5.41, 5.74) is 1.59. The second kappa shape index (κ2) is 5.18. The lowest BCUT2D eigenvalue weighted by atomic mass is 10.1. The van der Waals surface area contributed by atoms with Crippen molar-refractivity contribution in [2.75, 3.05) is 17.8 Å². The zero-order valence-corrected chi connectivity index (χ0v) is 11.7. The first-order valence-corrected chi connectivity index (χ1v) is 7.19. The molecule has 17 heavy (non-hydrogen) atoms. The minimum absolute atomic E-state index is 0.157. The monoisotopic (exact) mass is 317 g/mol. The van der Waals surface area contributed by atoms with Gasteiger partial charge in [0.2, 0.25) is 5.91 Å². The molecule has 1 aliphatic rings. The number of alkyl halides is 1. The number of hydrogen-bond donors (Lipinski definition) is 1. The number of rotatable bonds is 3. The Morgan fingerprint density at radius 1 is 1.47 bits per heavy atom. The van der Waals surface area contributed by atoms with Crippen LogP contribution in [0.15, 0.2) is 0 Å². The maximum Gasteiger partial charge on any atom is 0.341 e. The fourth-order valence-electron chi connectivity index (χ4n) is 1.97. The van der Waals surface area contributed by atoms with Gasteiger partial charge >= 0.3 is 5.97 Å². The van der Waals surface area contributed by atoms with Crippen LogP contribution in [0.1, 0.15) is 27.2 Å². The van der Waals surface area contributed by atoms with E-state index in [1.54, 1.807) is 0 Å². The van der Waals surface area contributed by atoms with Crippen LogP contribution in [-0.4, -0.2) is 24.3 Å². The quantitative estimate of drug-likeness (QED) is 0.687. The molecular weight excluding hydrogens is 306 g/mol. The summed E-state index contributed by atoms with van der Waals surface area (Å²) >= 11 is 4.57. The van der Waals surface area contributed by atoms with Crippen molar-refractivity contribution in [2.45, 2.75) is 19.3 Å². The highest BCUT2D eigenvalue weighted by atomic mass is 79.9. The maximum atomic E-state index is 11.7. The number of hydrogen-bond acceptors (Lipinski definition) is 4. The Balaban J connectivity index is 2.38. The largest absolute Gasteiger partial charge is 0.465 e. The van der Waals surface area contributed by atoms with Crippen molar-refractivity contribution in [3.63, 3.8) is 0 Å². The van der Waals surface area contributed by atoms with Crippen molar-refractivity contribution in [1.29, 1.82) is 0 Å². The molecule has 0 aromatic carbocycles. The molecule has 0 spiro atoms. The average Bonchev–Trinajstić information content (AvgIpc) is 2.87. The van der Waals surface area contributed by atoms with Gasteiger partial charge in [0.25, 0.3) is 0 Å². The molecule has 92 valence electrons. The molecule has 1 heterocycles. The van der Waals surface area contributed by atoms with Gasteiger partial charge in [-0.2, -0.15) is 0 Å². The molecule has 6 heteroatoms. The van der Waals surface area contributed by atoms with Gasteiger partial charge in [0.05, 0.1) is 18.0 Å². The number of methoxy groups -OCH3 is 1. The predicted octanol–water partition coefficient (Wildman–Crippen LogP) is 2.36. The van der Waals surface area contributed by atoms with Crippen molar-refractivity contribution in [2.24, 2.45) is 0 Å². The Hall–Kier alpha value is -0.880. The van der Waals surface area contributed by atoms with Gasteiger partial charge in [-0.25, -0.2) is 4.79 Å². The van der Waals surface area contributed by atoms with Gasteiger partial charge in [-0.3, -0.25) is 4.79 Å². The summed E-state index contributed by atoms with van der Waals surface area (Å²) < 4.78 is 4.78. The third-order valence-electron chi connectivity index (χ3n) is 2.69. The minimum Gasteiger partial charge on any atom is -0.465 e. The molecule has 0 saturated carbocycles. The third kappa shape index (κ3) is 2.37. The predicted molar refractivity (Wildman–Crippen MR) is 70.1 cm³/mol. The van der Waals surface area contributed by atoms with Crippen molar-refractivity contribution < 1.29 is 14.3 Å². The second-order valence-electron chi connectivity index (χ2n) is 3.73. The van der Waals surface area contributed by atoms with Crippen LogP contribution in [0, 0.1) is 0 Å². The SMILES string of the molecule is COC(=O)c1c(NC(=O)CBr)sc2c1CCC2. The summed E-state index contributed by atoms with van der Waals surface area (Å²) in [6.07, 6.45) is 2.94. The maximum absolute atomic E-state index is 11.7. The average molecular weight is 318 g/mol.